The molecule has 0 spiro atoms. The number of benzene rings is 1. The third-order valence-corrected chi connectivity index (χ3v) is 4.42. The maximum Gasteiger partial charge on any atom is 0.306 e. The molecule has 0 fully saturated rings. The van der Waals surface area contributed by atoms with Crippen LogP contribution < -0.4 is 9.47 Å². The number of hydrogen-bond donors (Lipinski definition) is 0. The SMILES string of the molecule is COC(=O)C[C@H]1CC[C@@H](C)c2c1cc(C)c(OC)c2OC. The summed E-state index contributed by atoms with van der Waals surface area (Å²) in [5.74, 6) is 2.05. The Bertz CT molecular complexity index is 536. The van der Waals surface area contributed by atoms with E-state index in [1.807, 2.05) is 6.92 Å². The third-order valence-electron chi connectivity index (χ3n) is 4.42. The first-order valence-electron chi connectivity index (χ1n) is 7.35. The van der Waals surface area contributed by atoms with Crippen LogP contribution in [0.15, 0.2) is 6.07 Å². The van der Waals surface area contributed by atoms with Gasteiger partial charge in [-0.1, -0.05) is 13.0 Å². The van der Waals surface area contributed by atoms with Gasteiger partial charge in [-0.25, -0.2) is 0 Å². The molecule has 4 nitrogen and oxygen atoms in total. The van der Waals surface area contributed by atoms with E-state index in [9.17, 15) is 4.79 Å². The molecule has 0 amide bonds. The predicted molar refractivity (Wildman–Crippen MR) is 81.3 cm³/mol. The van der Waals surface area contributed by atoms with Gasteiger partial charge in [-0.3, -0.25) is 4.79 Å². The Morgan fingerprint density at radius 1 is 1.19 bits per heavy atom. The Balaban J connectivity index is 2.54. The molecule has 1 aliphatic rings. The Hall–Kier alpha value is -1.71. The van der Waals surface area contributed by atoms with Crippen LogP contribution in [-0.4, -0.2) is 27.3 Å². The lowest BCUT2D eigenvalue weighted by Crippen LogP contribution is -2.18. The Kier molecular flexibility index (Phi) is 4.76. The van der Waals surface area contributed by atoms with Crippen molar-refractivity contribution in [2.45, 2.75) is 44.9 Å². The summed E-state index contributed by atoms with van der Waals surface area (Å²) in [7, 11) is 4.78. The summed E-state index contributed by atoms with van der Waals surface area (Å²) < 4.78 is 16.0. The number of ether oxygens (including phenoxy) is 3. The minimum absolute atomic E-state index is 0.159. The van der Waals surface area contributed by atoms with Crippen molar-refractivity contribution in [3.63, 3.8) is 0 Å². The first-order valence-corrected chi connectivity index (χ1v) is 7.35. The van der Waals surface area contributed by atoms with Gasteiger partial charge in [0, 0.05) is 5.56 Å². The normalized spacial score (nSPS) is 20.6. The monoisotopic (exact) mass is 292 g/mol. The van der Waals surface area contributed by atoms with Crippen molar-refractivity contribution in [1.29, 1.82) is 0 Å². The summed E-state index contributed by atoms with van der Waals surface area (Å²) in [5, 5.41) is 0. The number of carbonyl (C=O) groups excluding carboxylic acids is 1. The predicted octanol–water partition coefficient (Wildman–Crippen LogP) is 3.56. The van der Waals surface area contributed by atoms with E-state index in [1.165, 1.54) is 18.2 Å². The van der Waals surface area contributed by atoms with Gasteiger partial charge in [-0.2, -0.15) is 0 Å². The van der Waals surface area contributed by atoms with Gasteiger partial charge in [-0.15, -0.1) is 0 Å². The number of esters is 1. The molecule has 1 aromatic carbocycles. The van der Waals surface area contributed by atoms with E-state index < -0.39 is 0 Å². The lowest BCUT2D eigenvalue weighted by Gasteiger charge is -2.32. The van der Waals surface area contributed by atoms with Crippen LogP contribution in [0.1, 0.15) is 54.7 Å². The van der Waals surface area contributed by atoms with Gasteiger partial charge in [0.2, 0.25) is 0 Å². The number of hydrogen-bond acceptors (Lipinski definition) is 4. The summed E-state index contributed by atoms with van der Waals surface area (Å²) in [5.41, 5.74) is 3.42. The zero-order valence-electron chi connectivity index (χ0n) is 13.5. The van der Waals surface area contributed by atoms with E-state index >= 15 is 0 Å². The number of aryl methyl sites for hydroxylation is 1. The maximum atomic E-state index is 11.7. The fraction of sp³-hybridized carbons (Fsp3) is 0.588. The Morgan fingerprint density at radius 2 is 1.86 bits per heavy atom. The molecule has 0 radical (unpaired) electrons. The van der Waals surface area contributed by atoms with Crippen LogP contribution in [0, 0.1) is 6.92 Å². The second-order valence-electron chi connectivity index (χ2n) is 5.72. The van der Waals surface area contributed by atoms with Crippen LogP contribution in [0.4, 0.5) is 0 Å². The highest BCUT2D eigenvalue weighted by molar-refractivity contribution is 5.71. The van der Waals surface area contributed by atoms with E-state index in [4.69, 9.17) is 14.2 Å². The maximum absolute atomic E-state index is 11.7. The van der Waals surface area contributed by atoms with Crippen LogP contribution in [0.25, 0.3) is 0 Å². The molecular formula is C17H24O4. The molecule has 0 bridgehead atoms. The van der Waals surface area contributed by atoms with Crippen molar-refractivity contribution in [2.24, 2.45) is 0 Å². The Morgan fingerprint density at radius 3 is 2.43 bits per heavy atom. The van der Waals surface area contributed by atoms with E-state index in [2.05, 4.69) is 13.0 Å². The zero-order chi connectivity index (χ0) is 15.6. The molecule has 0 heterocycles. The number of methoxy groups -OCH3 is 3. The topological polar surface area (TPSA) is 44.8 Å². The first kappa shape index (κ1) is 15.7. The minimum atomic E-state index is -0.159. The summed E-state index contributed by atoms with van der Waals surface area (Å²) in [4.78, 5) is 11.7. The fourth-order valence-electron chi connectivity index (χ4n) is 3.36. The third kappa shape index (κ3) is 2.85. The van der Waals surface area contributed by atoms with Crippen molar-refractivity contribution in [1.82, 2.24) is 0 Å². The molecule has 0 unspecified atom stereocenters. The van der Waals surface area contributed by atoms with Crippen molar-refractivity contribution in [2.75, 3.05) is 21.3 Å². The summed E-state index contributed by atoms with van der Waals surface area (Å²) in [6.07, 6.45) is 2.46. The number of rotatable bonds is 4. The molecule has 21 heavy (non-hydrogen) atoms. The molecule has 0 saturated carbocycles. The van der Waals surface area contributed by atoms with Crippen LogP contribution in [-0.2, 0) is 9.53 Å². The van der Waals surface area contributed by atoms with Crippen molar-refractivity contribution in [3.05, 3.63) is 22.8 Å². The molecule has 2 atom stereocenters. The van der Waals surface area contributed by atoms with Gasteiger partial charge < -0.3 is 14.2 Å². The second kappa shape index (κ2) is 6.37. The van der Waals surface area contributed by atoms with Crippen molar-refractivity contribution in [3.8, 4) is 11.5 Å². The smallest absolute Gasteiger partial charge is 0.306 e. The molecule has 0 aromatic heterocycles. The van der Waals surface area contributed by atoms with Gasteiger partial charge >= 0.3 is 5.97 Å². The second-order valence-corrected chi connectivity index (χ2v) is 5.72. The molecule has 1 aromatic rings. The molecular weight excluding hydrogens is 268 g/mol. The van der Waals surface area contributed by atoms with Gasteiger partial charge in [0.1, 0.15) is 0 Å². The molecule has 4 heteroatoms. The molecule has 116 valence electrons. The van der Waals surface area contributed by atoms with E-state index in [0.29, 0.717) is 12.3 Å². The number of fused-ring (bicyclic) bond motifs is 1. The van der Waals surface area contributed by atoms with Crippen molar-refractivity contribution < 1.29 is 19.0 Å². The standard InChI is InChI=1S/C17H24O4/c1-10-6-7-12(9-14(18)19-3)13-8-11(2)16(20-4)17(21-5)15(10)13/h8,10,12H,6-7,9H2,1-5H3/t10-,12-/m1/s1. The van der Waals surface area contributed by atoms with Gasteiger partial charge in [-0.05, 0) is 42.7 Å². The molecule has 0 N–H and O–H groups in total. The molecule has 0 aliphatic heterocycles. The van der Waals surface area contributed by atoms with E-state index in [1.54, 1.807) is 14.2 Å². The summed E-state index contributed by atoms with van der Waals surface area (Å²) in [6.45, 7) is 4.21. The Labute approximate surface area is 126 Å². The summed E-state index contributed by atoms with van der Waals surface area (Å²) in [6, 6.07) is 2.14. The van der Waals surface area contributed by atoms with Gasteiger partial charge in [0.05, 0.1) is 27.8 Å². The quantitative estimate of drug-likeness (QED) is 0.796. The van der Waals surface area contributed by atoms with Gasteiger partial charge in [0.25, 0.3) is 0 Å². The minimum Gasteiger partial charge on any atom is -0.493 e. The van der Waals surface area contributed by atoms with E-state index in [-0.39, 0.29) is 11.9 Å². The zero-order valence-corrected chi connectivity index (χ0v) is 13.5. The van der Waals surface area contributed by atoms with Gasteiger partial charge in [0.15, 0.2) is 11.5 Å². The molecule has 0 saturated heterocycles. The van der Waals surface area contributed by atoms with Crippen molar-refractivity contribution >= 4 is 5.97 Å². The first-order chi connectivity index (χ1) is 10.0. The van der Waals surface area contributed by atoms with Crippen LogP contribution >= 0.6 is 0 Å². The summed E-state index contributed by atoms with van der Waals surface area (Å²) >= 11 is 0. The lowest BCUT2D eigenvalue weighted by atomic mass is 9.75. The highest BCUT2D eigenvalue weighted by Gasteiger charge is 2.31. The highest BCUT2D eigenvalue weighted by atomic mass is 16.5. The largest absolute Gasteiger partial charge is 0.493 e. The fourth-order valence-corrected chi connectivity index (χ4v) is 3.36. The lowest BCUT2D eigenvalue weighted by molar-refractivity contribution is -0.141. The molecule has 1 aliphatic carbocycles. The van der Waals surface area contributed by atoms with Crippen LogP contribution in [0.5, 0.6) is 11.5 Å². The average Bonchev–Trinajstić information content (AvgIpc) is 2.48. The van der Waals surface area contributed by atoms with Crippen LogP contribution in [0.2, 0.25) is 0 Å². The highest BCUT2D eigenvalue weighted by Crippen LogP contribution is 2.49. The molecule has 2 rings (SSSR count). The number of carbonyl (C=O) groups is 1. The van der Waals surface area contributed by atoms with E-state index in [0.717, 1.165) is 29.9 Å². The average molecular weight is 292 g/mol. The van der Waals surface area contributed by atoms with Crippen LogP contribution in [0.3, 0.4) is 0 Å².